The maximum atomic E-state index is 11.2. The summed E-state index contributed by atoms with van der Waals surface area (Å²) in [6.07, 6.45) is 2.62. The van der Waals surface area contributed by atoms with Crippen molar-refractivity contribution in [3.05, 3.63) is 18.2 Å². The molecule has 0 aliphatic carbocycles. The van der Waals surface area contributed by atoms with Crippen LogP contribution >= 0.6 is 11.3 Å². The highest BCUT2D eigenvalue weighted by molar-refractivity contribution is 7.84. The summed E-state index contributed by atoms with van der Waals surface area (Å²) in [5.41, 5.74) is 7.45. The molecule has 2 aromatic rings. The minimum Gasteiger partial charge on any atom is -0.399 e. The van der Waals surface area contributed by atoms with Crippen molar-refractivity contribution in [3.63, 3.8) is 0 Å². The minimum atomic E-state index is -0.760. The van der Waals surface area contributed by atoms with Crippen LogP contribution in [-0.4, -0.2) is 27.2 Å². The molecule has 0 aliphatic heterocycles. The van der Waals surface area contributed by atoms with Gasteiger partial charge in [0.05, 0.1) is 10.2 Å². The molecule has 1 aromatic carbocycles. The van der Waals surface area contributed by atoms with Gasteiger partial charge in [0.15, 0.2) is 5.13 Å². The average Bonchev–Trinajstić information content (AvgIpc) is 2.70. The van der Waals surface area contributed by atoms with Gasteiger partial charge in [-0.3, -0.25) is 4.21 Å². The number of hydrogen-bond acceptors (Lipinski definition) is 5. The Bertz CT molecular complexity index is 567. The number of nitrogens with one attached hydrogen (secondary N) is 1. The van der Waals surface area contributed by atoms with Crippen molar-refractivity contribution in [1.29, 1.82) is 0 Å². The van der Waals surface area contributed by atoms with Crippen LogP contribution in [0, 0.1) is 0 Å². The average molecular weight is 283 g/mol. The fourth-order valence-corrected chi connectivity index (χ4v) is 2.95. The smallest absolute Gasteiger partial charge is 0.183 e. The van der Waals surface area contributed by atoms with Crippen LogP contribution in [0.1, 0.15) is 13.3 Å². The van der Waals surface area contributed by atoms with Gasteiger partial charge in [0.25, 0.3) is 0 Å². The topological polar surface area (TPSA) is 68.0 Å². The lowest BCUT2D eigenvalue weighted by Crippen LogP contribution is -2.14. The summed E-state index contributed by atoms with van der Waals surface area (Å²) in [7, 11) is -0.760. The second-order valence-corrected chi connectivity index (χ2v) is 7.10. The molecule has 3 N–H and O–H groups in total. The number of nitrogens with zero attached hydrogens (tertiary/aromatic N) is 1. The molecule has 0 fully saturated rings. The van der Waals surface area contributed by atoms with E-state index in [-0.39, 0.29) is 5.25 Å². The van der Waals surface area contributed by atoms with Crippen LogP contribution in [0.3, 0.4) is 0 Å². The van der Waals surface area contributed by atoms with Gasteiger partial charge in [-0.15, -0.1) is 0 Å². The van der Waals surface area contributed by atoms with Gasteiger partial charge >= 0.3 is 0 Å². The third-order valence-corrected chi connectivity index (χ3v) is 5.15. The summed E-state index contributed by atoms with van der Waals surface area (Å²) in [4.78, 5) is 4.47. The van der Waals surface area contributed by atoms with E-state index in [9.17, 15) is 4.21 Å². The maximum absolute atomic E-state index is 11.2. The summed E-state index contributed by atoms with van der Waals surface area (Å²) >= 11 is 1.59. The lowest BCUT2D eigenvalue weighted by Gasteiger charge is -2.07. The van der Waals surface area contributed by atoms with Crippen LogP contribution in [0.4, 0.5) is 10.8 Å². The predicted molar refractivity (Wildman–Crippen MR) is 80.7 cm³/mol. The number of benzene rings is 1. The largest absolute Gasteiger partial charge is 0.399 e. The van der Waals surface area contributed by atoms with E-state index in [4.69, 9.17) is 5.73 Å². The molecule has 0 saturated heterocycles. The molecule has 4 nitrogen and oxygen atoms in total. The van der Waals surface area contributed by atoms with Gasteiger partial charge < -0.3 is 11.1 Å². The molecule has 6 heteroatoms. The van der Waals surface area contributed by atoms with E-state index in [1.54, 1.807) is 17.6 Å². The number of nitrogens with two attached hydrogens (primary N) is 1. The van der Waals surface area contributed by atoms with Crippen molar-refractivity contribution in [1.82, 2.24) is 4.98 Å². The van der Waals surface area contributed by atoms with Crippen LogP contribution in [0.5, 0.6) is 0 Å². The number of fused-ring (bicyclic) bond motifs is 1. The number of anilines is 2. The first-order chi connectivity index (χ1) is 8.56. The van der Waals surface area contributed by atoms with Gasteiger partial charge in [-0.05, 0) is 24.6 Å². The molecular weight excluding hydrogens is 266 g/mol. The van der Waals surface area contributed by atoms with E-state index in [2.05, 4.69) is 10.3 Å². The highest BCUT2D eigenvalue weighted by Gasteiger charge is 2.07. The fourth-order valence-electron chi connectivity index (χ4n) is 1.57. The first-order valence-corrected chi connectivity index (χ1v) is 8.22. The monoisotopic (exact) mass is 283 g/mol. The Labute approximate surface area is 113 Å². The molecule has 1 aromatic heterocycles. The zero-order valence-corrected chi connectivity index (χ0v) is 12.1. The molecule has 2 unspecified atom stereocenters. The Balaban J connectivity index is 1.98. The minimum absolute atomic E-state index is 0.211. The molecule has 18 heavy (non-hydrogen) atoms. The fraction of sp³-hybridized carbons (Fsp3) is 0.417. The lowest BCUT2D eigenvalue weighted by atomic mass is 10.3. The van der Waals surface area contributed by atoms with E-state index in [0.717, 1.165) is 34.0 Å². The Kier molecular flexibility index (Phi) is 4.19. The van der Waals surface area contributed by atoms with Gasteiger partial charge in [0.2, 0.25) is 0 Å². The highest BCUT2D eigenvalue weighted by atomic mass is 32.2. The van der Waals surface area contributed by atoms with Gasteiger partial charge in [0.1, 0.15) is 0 Å². The van der Waals surface area contributed by atoms with E-state index in [0.29, 0.717) is 0 Å². The van der Waals surface area contributed by atoms with E-state index < -0.39 is 10.8 Å². The molecular formula is C12H17N3OS2. The van der Waals surface area contributed by atoms with E-state index in [1.165, 1.54) is 0 Å². The molecule has 1 heterocycles. The first kappa shape index (κ1) is 13.3. The van der Waals surface area contributed by atoms with Crippen molar-refractivity contribution >= 4 is 43.2 Å². The van der Waals surface area contributed by atoms with E-state index >= 15 is 0 Å². The van der Waals surface area contributed by atoms with E-state index in [1.807, 2.05) is 25.1 Å². The van der Waals surface area contributed by atoms with Crippen molar-refractivity contribution in [2.24, 2.45) is 0 Å². The van der Waals surface area contributed by atoms with Crippen molar-refractivity contribution in [2.75, 3.05) is 23.9 Å². The summed E-state index contributed by atoms with van der Waals surface area (Å²) in [5.74, 6) is 0. The van der Waals surface area contributed by atoms with Crippen LogP contribution in [0.25, 0.3) is 10.2 Å². The second kappa shape index (κ2) is 5.67. The second-order valence-electron chi connectivity index (χ2n) is 4.27. The highest BCUT2D eigenvalue weighted by Crippen LogP contribution is 2.27. The molecule has 0 amide bonds. The number of thiazole rings is 1. The third-order valence-electron chi connectivity index (χ3n) is 2.81. The van der Waals surface area contributed by atoms with Gasteiger partial charge in [0, 0.05) is 34.5 Å². The van der Waals surface area contributed by atoms with Gasteiger partial charge in [-0.2, -0.15) is 0 Å². The molecule has 0 bridgehead atoms. The molecule has 0 saturated carbocycles. The van der Waals surface area contributed by atoms with Crippen molar-refractivity contribution < 1.29 is 4.21 Å². The number of rotatable bonds is 5. The Morgan fingerprint density at radius 2 is 2.33 bits per heavy atom. The molecule has 2 atom stereocenters. The quantitative estimate of drug-likeness (QED) is 0.827. The molecule has 0 spiro atoms. The third kappa shape index (κ3) is 3.20. The Morgan fingerprint density at radius 3 is 3.06 bits per heavy atom. The van der Waals surface area contributed by atoms with Crippen molar-refractivity contribution in [2.45, 2.75) is 18.6 Å². The SMILES string of the molecule is CC(CCNc1nc2ccc(N)cc2s1)S(C)=O. The maximum Gasteiger partial charge on any atom is 0.183 e. The summed E-state index contributed by atoms with van der Waals surface area (Å²) < 4.78 is 12.3. The standard InChI is InChI=1S/C12H17N3OS2/c1-8(18(2)16)5-6-14-12-15-10-4-3-9(13)7-11(10)17-12/h3-4,7-8H,5-6,13H2,1-2H3,(H,14,15). The number of aromatic nitrogens is 1. The summed E-state index contributed by atoms with van der Waals surface area (Å²) in [6.45, 7) is 2.78. The molecule has 98 valence electrons. The summed E-state index contributed by atoms with van der Waals surface area (Å²) in [5, 5.41) is 4.38. The Morgan fingerprint density at radius 1 is 1.56 bits per heavy atom. The Hall–Kier alpha value is -1.14. The molecule has 0 aliphatic rings. The first-order valence-electron chi connectivity index (χ1n) is 5.78. The van der Waals surface area contributed by atoms with Gasteiger partial charge in [-0.1, -0.05) is 18.3 Å². The van der Waals surface area contributed by atoms with Crippen LogP contribution in [-0.2, 0) is 10.8 Å². The van der Waals surface area contributed by atoms with Crippen molar-refractivity contribution in [3.8, 4) is 0 Å². The van der Waals surface area contributed by atoms with Crippen LogP contribution in [0.15, 0.2) is 18.2 Å². The zero-order valence-electron chi connectivity index (χ0n) is 10.5. The zero-order chi connectivity index (χ0) is 13.1. The molecule has 2 rings (SSSR count). The lowest BCUT2D eigenvalue weighted by molar-refractivity contribution is 0.672. The van der Waals surface area contributed by atoms with Crippen LogP contribution in [0.2, 0.25) is 0 Å². The molecule has 0 radical (unpaired) electrons. The number of nitrogen functional groups attached to an aromatic ring is 1. The number of hydrogen-bond donors (Lipinski definition) is 2. The predicted octanol–water partition coefficient (Wildman–Crippen LogP) is 2.45. The van der Waals surface area contributed by atoms with Crippen LogP contribution < -0.4 is 11.1 Å². The summed E-state index contributed by atoms with van der Waals surface area (Å²) in [6, 6.07) is 5.71. The normalized spacial score (nSPS) is 14.6. The van der Waals surface area contributed by atoms with Gasteiger partial charge in [-0.25, -0.2) is 4.98 Å².